The van der Waals surface area contributed by atoms with Gasteiger partial charge in [-0.3, -0.25) is 9.59 Å². The number of carbonyl (C=O) groups is 2. The monoisotopic (exact) mass is 358 g/mol. The molecule has 0 heterocycles. The molecule has 0 aromatic heterocycles. The molecule has 1 aromatic carbocycles. The Morgan fingerprint density at radius 1 is 1.25 bits per heavy atom. The first-order valence-electron chi connectivity index (χ1n) is 7.11. The Morgan fingerprint density at radius 3 is 2.29 bits per heavy atom. The molecule has 0 fully saturated rings. The number of hydrogen-bond acceptors (Lipinski definition) is 5. The van der Waals surface area contributed by atoms with Crippen LogP contribution in [0.3, 0.4) is 0 Å². The molecular weight excluding hydrogens is 336 g/mol. The number of carboxylic acid groups (broad SMARTS) is 1. The summed E-state index contributed by atoms with van der Waals surface area (Å²) in [5.41, 5.74) is 0.135. The third kappa shape index (κ3) is 4.24. The van der Waals surface area contributed by atoms with E-state index in [1.54, 1.807) is 0 Å². The van der Waals surface area contributed by atoms with Gasteiger partial charge in [-0.2, -0.15) is 0 Å². The van der Waals surface area contributed by atoms with E-state index >= 15 is 0 Å². The zero-order chi connectivity index (χ0) is 18.7. The summed E-state index contributed by atoms with van der Waals surface area (Å²) in [6.07, 6.45) is 0. The van der Waals surface area contributed by atoms with E-state index in [9.17, 15) is 18.0 Å². The maximum Gasteiger partial charge on any atom is 0.308 e. The van der Waals surface area contributed by atoms with Gasteiger partial charge in [-0.15, -0.1) is 0 Å². The average molecular weight is 358 g/mol. The average Bonchev–Trinajstić information content (AvgIpc) is 2.52. The second kappa shape index (κ2) is 7.63. The fourth-order valence-corrected chi connectivity index (χ4v) is 3.08. The van der Waals surface area contributed by atoms with Gasteiger partial charge in [0.2, 0.25) is 10.0 Å². The minimum absolute atomic E-state index is 0.00988. The second-order valence-electron chi connectivity index (χ2n) is 5.58. The Hall–Kier alpha value is -2.13. The lowest BCUT2D eigenvalue weighted by molar-refractivity contribution is -0.141. The summed E-state index contributed by atoms with van der Waals surface area (Å²) < 4.78 is 30.8. The van der Waals surface area contributed by atoms with Crippen molar-refractivity contribution < 1.29 is 27.9 Å². The predicted molar refractivity (Wildman–Crippen MR) is 87.6 cm³/mol. The van der Waals surface area contributed by atoms with Crippen molar-refractivity contribution in [2.24, 2.45) is 5.92 Å². The molecule has 1 aromatic rings. The van der Waals surface area contributed by atoms with Crippen LogP contribution in [0, 0.1) is 5.92 Å². The van der Waals surface area contributed by atoms with Crippen molar-refractivity contribution in [2.75, 3.05) is 34.8 Å². The molecule has 8 nitrogen and oxygen atoms in total. The minimum Gasteiger partial charge on any atom is -0.495 e. The minimum atomic E-state index is -3.79. The molecule has 0 aliphatic carbocycles. The van der Waals surface area contributed by atoms with Crippen LogP contribution in [0.25, 0.3) is 0 Å². The first kappa shape index (κ1) is 19.9. The van der Waals surface area contributed by atoms with Crippen LogP contribution in [-0.4, -0.2) is 69.4 Å². The van der Waals surface area contributed by atoms with Crippen molar-refractivity contribution >= 4 is 21.9 Å². The van der Waals surface area contributed by atoms with Crippen LogP contribution in [0.5, 0.6) is 5.75 Å². The molecule has 24 heavy (non-hydrogen) atoms. The lowest BCUT2D eigenvalue weighted by Gasteiger charge is -2.21. The van der Waals surface area contributed by atoms with Crippen molar-refractivity contribution in [3.8, 4) is 5.75 Å². The van der Waals surface area contributed by atoms with Crippen molar-refractivity contribution in [3.05, 3.63) is 23.8 Å². The number of benzene rings is 1. The van der Waals surface area contributed by atoms with Crippen molar-refractivity contribution in [1.29, 1.82) is 0 Å². The Morgan fingerprint density at radius 2 is 1.83 bits per heavy atom. The van der Waals surface area contributed by atoms with E-state index in [1.807, 2.05) is 0 Å². The molecule has 0 aliphatic heterocycles. The van der Waals surface area contributed by atoms with Crippen molar-refractivity contribution in [2.45, 2.75) is 11.8 Å². The highest BCUT2D eigenvalue weighted by atomic mass is 32.2. The summed E-state index contributed by atoms with van der Waals surface area (Å²) in [7, 11) is 1.77. The van der Waals surface area contributed by atoms with Gasteiger partial charge >= 0.3 is 5.97 Å². The highest BCUT2D eigenvalue weighted by molar-refractivity contribution is 7.89. The van der Waals surface area contributed by atoms with Gasteiger partial charge in [0.15, 0.2) is 0 Å². The SMILES string of the molecule is COc1ccc(C(=O)N(C)CC(C)C(=O)O)cc1S(=O)(=O)N(C)C. The van der Waals surface area contributed by atoms with Crippen molar-refractivity contribution in [1.82, 2.24) is 9.21 Å². The Kier molecular flexibility index (Phi) is 6.33. The van der Waals surface area contributed by atoms with Crippen LogP contribution >= 0.6 is 0 Å². The smallest absolute Gasteiger partial charge is 0.308 e. The summed E-state index contributed by atoms with van der Waals surface area (Å²) in [5, 5.41) is 8.92. The van der Waals surface area contributed by atoms with Crippen LogP contribution in [-0.2, 0) is 14.8 Å². The van der Waals surface area contributed by atoms with E-state index in [1.165, 1.54) is 58.3 Å². The number of hydrogen-bond donors (Lipinski definition) is 1. The summed E-state index contributed by atoms with van der Waals surface area (Å²) in [6.45, 7) is 1.50. The van der Waals surface area contributed by atoms with Crippen LogP contribution < -0.4 is 4.74 Å². The number of methoxy groups -OCH3 is 1. The largest absolute Gasteiger partial charge is 0.495 e. The molecule has 0 aliphatic rings. The van der Waals surface area contributed by atoms with Gasteiger partial charge < -0.3 is 14.7 Å². The number of rotatable bonds is 7. The van der Waals surface area contributed by atoms with E-state index in [-0.39, 0.29) is 22.8 Å². The van der Waals surface area contributed by atoms with Gasteiger partial charge in [0.25, 0.3) is 5.91 Å². The number of carbonyl (C=O) groups excluding carboxylic acids is 1. The highest BCUT2D eigenvalue weighted by Crippen LogP contribution is 2.27. The molecule has 134 valence electrons. The third-order valence-electron chi connectivity index (χ3n) is 3.49. The van der Waals surface area contributed by atoms with Gasteiger partial charge in [-0.05, 0) is 18.2 Å². The van der Waals surface area contributed by atoms with Gasteiger partial charge in [0.1, 0.15) is 10.6 Å². The molecular formula is C15H22N2O6S. The van der Waals surface area contributed by atoms with E-state index < -0.39 is 27.8 Å². The van der Waals surface area contributed by atoms with E-state index in [4.69, 9.17) is 9.84 Å². The van der Waals surface area contributed by atoms with E-state index in [0.717, 1.165) is 4.31 Å². The zero-order valence-electron chi connectivity index (χ0n) is 14.3. The number of ether oxygens (including phenoxy) is 1. The van der Waals surface area contributed by atoms with Crippen LogP contribution in [0.1, 0.15) is 17.3 Å². The maximum absolute atomic E-state index is 12.4. The summed E-state index contributed by atoms with van der Waals surface area (Å²) >= 11 is 0. The first-order chi connectivity index (χ1) is 11.0. The predicted octanol–water partition coefficient (Wildman–Crippen LogP) is 0.738. The molecule has 9 heteroatoms. The molecule has 0 bridgehead atoms. The van der Waals surface area contributed by atoms with Gasteiger partial charge in [0.05, 0.1) is 13.0 Å². The van der Waals surface area contributed by atoms with Crippen LogP contribution in [0.4, 0.5) is 0 Å². The summed E-state index contributed by atoms with van der Waals surface area (Å²) in [5.74, 6) is -2.09. The Labute approximate surface area is 141 Å². The summed E-state index contributed by atoms with van der Waals surface area (Å²) in [6, 6.07) is 4.08. The second-order valence-corrected chi connectivity index (χ2v) is 7.70. The molecule has 0 spiro atoms. The number of sulfonamides is 1. The standard InChI is InChI=1S/C15H22N2O6S/c1-10(15(19)20)9-17(4)14(18)11-6-7-12(23-5)13(8-11)24(21,22)16(2)3/h6-8,10H,9H2,1-5H3,(H,19,20). The van der Waals surface area contributed by atoms with Gasteiger partial charge in [-0.1, -0.05) is 6.92 Å². The zero-order valence-corrected chi connectivity index (χ0v) is 15.1. The molecule has 1 N–H and O–H groups in total. The number of aliphatic carboxylic acids is 1. The maximum atomic E-state index is 12.4. The van der Waals surface area contributed by atoms with Crippen LogP contribution in [0.2, 0.25) is 0 Å². The molecule has 0 saturated heterocycles. The molecule has 1 atom stereocenters. The highest BCUT2D eigenvalue weighted by Gasteiger charge is 2.25. The summed E-state index contributed by atoms with van der Waals surface area (Å²) in [4.78, 5) is 24.5. The van der Waals surface area contributed by atoms with Crippen molar-refractivity contribution in [3.63, 3.8) is 0 Å². The lowest BCUT2D eigenvalue weighted by atomic mass is 10.1. The Balaban J connectivity index is 3.23. The van der Waals surface area contributed by atoms with E-state index in [2.05, 4.69) is 0 Å². The Bertz CT molecular complexity index is 729. The molecule has 1 rings (SSSR count). The molecule has 0 saturated carbocycles. The lowest BCUT2D eigenvalue weighted by Crippen LogP contribution is -2.34. The van der Waals surface area contributed by atoms with Crippen LogP contribution in [0.15, 0.2) is 23.1 Å². The molecule has 1 amide bonds. The van der Waals surface area contributed by atoms with Gasteiger partial charge in [0, 0.05) is 33.3 Å². The van der Waals surface area contributed by atoms with E-state index in [0.29, 0.717) is 0 Å². The normalized spacial score (nSPS) is 12.8. The fourth-order valence-electron chi connectivity index (χ4n) is 2.00. The number of carboxylic acids is 1. The fraction of sp³-hybridized carbons (Fsp3) is 0.467. The third-order valence-corrected chi connectivity index (χ3v) is 5.32. The topological polar surface area (TPSA) is 104 Å². The number of nitrogens with zero attached hydrogens (tertiary/aromatic N) is 2. The van der Waals surface area contributed by atoms with Gasteiger partial charge in [-0.25, -0.2) is 12.7 Å². The number of amides is 1. The molecule has 1 unspecified atom stereocenters. The quantitative estimate of drug-likeness (QED) is 0.771. The first-order valence-corrected chi connectivity index (χ1v) is 8.55. The molecule has 0 radical (unpaired) electrons.